The fourth-order valence-electron chi connectivity index (χ4n) is 1.37. The Bertz CT molecular complexity index is 244. The van der Waals surface area contributed by atoms with Crippen LogP contribution in [-0.4, -0.2) is 16.1 Å². The Morgan fingerprint density at radius 1 is 1.64 bits per heavy atom. The number of halogens is 1. The summed E-state index contributed by atoms with van der Waals surface area (Å²) in [5.41, 5.74) is 1.31. The zero-order valence-corrected chi connectivity index (χ0v) is 7.32. The summed E-state index contributed by atoms with van der Waals surface area (Å²) in [7, 11) is 0. The predicted molar refractivity (Wildman–Crippen MR) is 45.9 cm³/mol. The summed E-state index contributed by atoms with van der Waals surface area (Å²) in [6.07, 6.45) is 1.95. The van der Waals surface area contributed by atoms with Crippen LogP contribution in [0.15, 0.2) is 6.20 Å². The summed E-state index contributed by atoms with van der Waals surface area (Å²) in [5.74, 6) is 1.14. The van der Waals surface area contributed by atoms with Crippen molar-refractivity contribution in [2.24, 2.45) is 0 Å². The van der Waals surface area contributed by atoms with Crippen LogP contribution in [0.1, 0.15) is 11.5 Å². The number of imidazole rings is 1. The maximum absolute atomic E-state index is 4.22. The lowest BCUT2D eigenvalue weighted by Crippen LogP contribution is -2.28. The molecule has 0 fully saturated rings. The first-order valence-corrected chi connectivity index (χ1v) is 3.59. The second-order valence-corrected chi connectivity index (χ2v) is 2.63. The lowest BCUT2D eigenvalue weighted by atomic mass is 10.3. The third-order valence-electron chi connectivity index (χ3n) is 1.96. The second kappa shape index (κ2) is 3.24. The molecule has 0 atom stereocenters. The topological polar surface area (TPSA) is 29.9 Å². The zero-order chi connectivity index (χ0) is 6.97. The van der Waals surface area contributed by atoms with Crippen molar-refractivity contribution < 1.29 is 0 Å². The monoisotopic (exact) mass is 173 g/mol. The highest BCUT2D eigenvalue weighted by atomic mass is 35.5. The molecule has 0 saturated heterocycles. The third-order valence-corrected chi connectivity index (χ3v) is 1.96. The lowest BCUT2D eigenvalue weighted by Gasteiger charge is -2.16. The van der Waals surface area contributed by atoms with Crippen molar-refractivity contribution in [1.82, 2.24) is 14.9 Å². The van der Waals surface area contributed by atoms with E-state index in [0.717, 1.165) is 25.5 Å². The summed E-state index contributed by atoms with van der Waals surface area (Å²) < 4.78 is 2.26. The van der Waals surface area contributed by atoms with Crippen molar-refractivity contribution in [3.05, 3.63) is 17.7 Å². The Morgan fingerprint density at radius 2 is 2.45 bits per heavy atom. The van der Waals surface area contributed by atoms with E-state index in [2.05, 4.69) is 21.8 Å². The van der Waals surface area contributed by atoms with E-state index in [-0.39, 0.29) is 12.4 Å². The Balaban J connectivity index is 0.000000605. The minimum Gasteiger partial charge on any atom is -0.330 e. The molecule has 0 bridgehead atoms. The van der Waals surface area contributed by atoms with Crippen molar-refractivity contribution in [2.75, 3.05) is 6.54 Å². The molecule has 0 amide bonds. The molecular formula is C7H12ClN3. The van der Waals surface area contributed by atoms with E-state index in [9.17, 15) is 0 Å². The van der Waals surface area contributed by atoms with E-state index in [1.54, 1.807) is 0 Å². The molecular weight excluding hydrogens is 162 g/mol. The highest BCUT2D eigenvalue weighted by Crippen LogP contribution is 2.06. The van der Waals surface area contributed by atoms with Crippen LogP contribution in [-0.2, 0) is 13.1 Å². The van der Waals surface area contributed by atoms with Gasteiger partial charge in [-0.05, 0) is 6.92 Å². The van der Waals surface area contributed by atoms with Crippen LogP contribution in [0.5, 0.6) is 0 Å². The molecule has 2 rings (SSSR count). The molecule has 11 heavy (non-hydrogen) atoms. The molecule has 0 aromatic carbocycles. The summed E-state index contributed by atoms with van der Waals surface area (Å²) in [6, 6.07) is 0. The predicted octanol–water partition coefficient (Wildman–Crippen LogP) is 0.717. The van der Waals surface area contributed by atoms with Gasteiger partial charge in [-0.25, -0.2) is 4.98 Å². The van der Waals surface area contributed by atoms with E-state index in [4.69, 9.17) is 0 Å². The van der Waals surface area contributed by atoms with E-state index in [1.807, 2.05) is 6.20 Å². The van der Waals surface area contributed by atoms with Crippen molar-refractivity contribution >= 4 is 12.4 Å². The molecule has 62 valence electrons. The first kappa shape index (κ1) is 8.56. The molecule has 1 N–H and O–H groups in total. The Labute approximate surface area is 72.2 Å². The van der Waals surface area contributed by atoms with Crippen molar-refractivity contribution in [3.8, 4) is 0 Å². The number of aromatic nitrogens is 2. The van der Waals surface area contributed by atoms with Crippen molar-refractivity contribution in [2.45, 2.75) is 20.0 Å². The zero-order valence-electron chi connectivity index (χ0n) is 6.50. The summed E-state index contributed by atoms with van der Waals surface area (Å²) in [5, 5.41) is 3.29. The van der Waals surface area contributed by atoms with Crippen molar-refractivity contribution in [1.29, 1.82) is 0 Å². The Kier molecular flexibility index (Phi) is 2.52. The molecule has 0 saturated carbocycles. The standard InChI is InChI=1S/C7H11N3.ClH/c1-6-9-5-7-4-8-2-3-10(6)7;/h5,8H,2-4H2,1H3;1H. The molecule has 2 heterocycles. The largest absolute Gasteiger partial charge is 0.330 e. The molecule has 0 radical (unpaired) electrons. The van der Waals surface area contributed by atoms with Gasteiger partial charge in [0.1, 0.15) is 5.82 Å². The molecule has 4 heteroatoms. The maximum atomic E-state index is 4.22. The third kappa shape index (κ3) is 1.39. The fourth-order valence-corrected chi connectivity index (χ4v) is 1.37. The number of hydrogen-bond acceptors (Lipinski definition) is 2. The summed E-state index contributed by atoms with van der Waals surface area (Å²) >= 11 is 0. The average Bonchev–Trinajstić information content (AvgIpc) is 2.34. The normalized spacial score (nSPS) is 15.4. The molecule has 1 aromatic heterocycles. The number of rotatable bonds is 0. The van der Waals surface area contributed by atoms with Crippen LogP contribution >= 0.6 is 12.4 Å². The second-order valence-electron chi connectivity index (χ2n) is 2.63. The Morgan fingerprint density at radius 3 is 3.18 bits per heavy atom. The molecule has 0 spiro atoms. The highest BCUT2D eigenvalue weighted by Gasteiger charge is 2.09. The molecule has 3 nitrogen and oxygen atoms in total. The maximum Gasteiger partial charge on any atom is 0.105 e. The van der Waals surface area contributed by atoms with Gasteiger partial charge in [-0.1, -0.05) is 0 Å². The van der Waals surface area contributed by atoms with Gasteiger partial charge in [-0.3, -0.25) is 0 Å². The van der Waals surface area contributed by atoms with Crippen LogP contribution in [0.25, 0.3) is 0 Å². The van der Waals surface area contributed by atoms with Crippen LogP contribution in [0.2, 0.25) is 0 Å². The highest BCUT2D eigenvalue weighted by molar-refractivity contribution is 5.85. The van der Waals surface area contributed by atoms with Crippen molar-refractivity contribution in [3.63, 3.8) is 0 Å². The van der Waals surface area contributed by atoms with Crippen LogP contribution in [0.4, 0.5) is 0 Å². The molecule has 1 aliphatic rings. The van der Waals surface area contributed by atoms with Crippen LogP contribution in [0.3, 0.4) is 0 Å². The van der Waals surface area contributed by atoms with Gasteiger partial charge in [-0.2, -0.15) is 0 Å². The molecule has 1 aromatic rings. The van der Waals surface area contributed by atoms with Gasteiger partial charge in [0.15, 0.2) is 0 Å². The SMILES string of the molecule is Cc1ncc2n1CCNC2.Cl. The van der Waals surface area contributed by atoms with Gasteiger partial charge < -0.3 is 9.88 Å². The summed E-state index contributed by atoms with van der Waals surface area (Å²) in [6.45, 7) is 5.17. The van der Waals surface area contributed by atoms with E-state index in [0.29, 0.717) is 0 Å². The first-order chi connectivity index (χ1) is 4.88. The summed E-state index contributed by atoms with van der Waals surface area (Å²) in [4.78, 5) is 4.22. The quantitative estimate of drug-likeness (QED) is 0.627. The van der Waals surface area contributed by atoms with E-state index >= 15 is 0 Å². The van der Waals surface area contributed by atoms with E-state index in [1.165, 1.54) is 5.69 Å². The molecule has 0 aliphatic carbocycles. The molecule has 0 unspecified atom stereocenters. The lowest BCUT2D eigenvalue weighted by molar-refractivity contribution is 0.507. The minimum absolute atomic E-state index is 0. The van der Waals surface area contributed by atoms with Crippen LogP contribution in [0, 0.1) is 6.92 Å². The number of aryl methyl sites for hydroxylation is 1. The van der Waals surface area contributed by atoms with Crippen LogP contribution < -0.4 is 5.32 Å². The first-order valence-electron chi connectivity index (χ1n) is 3.59. The van der Waals surface area contributed by atoms with Gasteiger partial charge in [0, 0.05) is 25.8 Å². The van der Waals surface area contributed by atoms with Gasteiger partial charge in [0.2, 0.25) is 0 Å². The smallest absolute Gasteiger partial charge is 0.105 e. The average molecular weight is 174 g/mol. The van der Waals surface area contributed by atoms with E-state index < -0.39 is 0 Å². The molecule has 1 aliphatic heterocycles. The van der Waals surface area contributed by atoms with Gasteiger partial charge in [0.25, 0.3) is 0 Å². The number of fused-ring (bicyclic) bond motifs is 1. The fraction of sp³-hybridized carbons (Fsp3) is 0.571. The number of hydrogen-bond donors (Lipinski definition) is 1. The van der Waals surface area contributed by atoms with Gasteiger partial charge in [-0.15, -0.1) is 12.4 Å². The van der Waals surface area contributed by atoms with Gasteiger partial charge >= 0.3 is 0 Å². The number of nitrogens with zero attached hydrogens (tertiary/aromatic N) is 2. The number of nitrogens with one attached hydrogen (secondary N) is 1. The Hall–Kier alpha value is -0.540. The minimum atomic E-state index is 0. The van der Waals surface area contributed by atoms with Gasteiger partial charge in [0.05, 0.1) is 5.69 Å².